The lowest BCUT2D eigenvalue weighted by Gasteiger charge is -2.20. The van der Waals surface area contributed by atoms with E-state index in [4.69, 9.17) is 5.11 Å². The first-order valence-electron chi connectivity index (χ1n) is 5.77. The Morgan fingerprint density at radius 1 is 1.35 bits per heavy atom. The summed E-state index contributed by atoms with van der Waals surface area (Å²) in [6.07, 6.45) is 6.06. The van der Waals surface area contributed by atoms with Crippen LogP contribution in [0.25, 0.3) is 0 Å². The quantitative estimate of drug-likeness (QED) is 0.552. The molecule has 0 spiro atoms. The lowest BCUT2D eigenvalue weighted by Crippen LogP contribution is -2.27. The number of rotatable bonds is 6. The Bertz CT molecular complexity index is 332. The molecule has 0 radical (unpaired) electrons. The van der Waals surface area contributed by atoms with Crippen molar-refractivity contribution >= 4 is 11.9 Å². The summed E-state index contributed by atoms with van der Waals surface area (Å²) in [6, 6.07) is 0. The van der Waals surface area contributed by atoms with Gasteiger partial charge in [-0.1, -0.05) is 32.9 Å². The number of allylic oxidation sites excluding steroid dienone is 3. The molecule has 4 nitrogen and oxygen atoms in total. The summed E-state index contributed by atoms with van der Waals surface area (Å²) in [4.78, 5) is 21.7. The maximum Gasteiger partial charge on any atom is 0.330 e. The summed E-state index contributed by atoms with van der Waals surface area (Å²) >= 11 is 0. The van der Waals surface area contributed by atoms with Crippen LogP contribution in [0.3, 0.4) is 0 Å². The molecule has 17 heavy (non-hydrogen) atoms. The van der Waals surface area contributed by atoms with Crippen LogP contribution in [0.2, 0.25) is 0 Å². The van der Waals surface area contributed by atoms with E-state index in [1.807, 2.05) is 32.9 Å². The zero-order valence-electron chi connectivity index (χ0n) is 10.9. The zero-order valence-corrected chi connectivity index (χ0v) is 10.9. The van der Waals surface area contributed by atoms with Gasteiger partial charge in [-0.05, 0) is 12.3 Å². The number of carbonyl (C=O) groups is 2. The molecule has 0 saturated heterocycles. The summed E-state index contributed by atoms with van der Waals surface area (Å²) in [6.45, 7) is 7.30. The van der Waals surface area contributed by atoms with E-state index >= 15 is 0 Å². The Hall–Kier alpha value is -1.58. The van der Waals surface area contributed by atoms with Gasteiger partial charge < -0.3 is 10.4 Å². The number of amides is 1. The molecule has 0 aliphatic heterocycles. The van der Waals surface area contributed by atoms with Crippen LogP contribution in [-0.4, -0.2) is 17.0 Å². The van der Waals surface area contributed by atoms with Crippen molar-refractivity contribution < 1.29 is 14.7 Å². The average Bonchev–Trinajstić information content (AvgIpc) is 2.22. The van der Waals surface area contributed by atoms with Crippen molar-refractivity contribution in [3.63, 3.8) is 0 Å². The summed E-state index contributed by atoms with van der Waals surface area (Å²) in [5.41, 5.74) is 0.443. The van der Waals surface area contributed by atoms with Crippen molar-refractivity contribution in [2.45, 2.75) is 34.1 Å². The number of aliphatic carboxylic acids is 1. The number of carboxylic acids is 1. The molecule has 0 unspecified atom stereocenters. The first-order chi connectivity index (χ1) is 7.88. The highest BCUT2D eigenvalue weighted by Crippen LogP contribution is 2.19. The maximum absolute atomic E-state index is 11.0. The Labute approximate surface area is 102 Å². The van der Waals surface area contributed by atoms with Crippen molar-refractivity contribution in [3.05, 3.63) is 23.9 Å². The van der Waals surface area contributed by atoms with Gasteiger partial charge in [0, 0.05) is 24.6 Å². The van der Waals surface area contributed by atoms with Crippen LogP contribution in [0.1, 0.15) is 34.1 Å². The minimum absolute atomic E-state index is 0.0437. The molecule has 0 aromatic rings. The molecule has 0 rings (SSSR count). The van der Waals surface area contributed by atoms with Gasteiger partial charge in [0.25, 0.3) is 0 Å². The predicted molar refractivity (Wildman–Crippen MR) is 67.3 cm³/mol. The van der Waals surface area contributed by atoms with Crippen LogP contribution < -0.4 is 5.32 Å². The highest BCUT2D eigenvalue weighted by molar-refractivity contribution is 5.83. The molecule has 0 aromatic heterocycles. The van der Waals surface area contributed by atoms with E-state index < -0.39 is 5.97 Å². The smallest absolute Gasteiger partial charge is 0.330 e. The minimum Gasteiger partial charge on any atom is -0.478 e. The van der Waals surface area contributed by atoms with Gasteiger partial charge in [0.1, 0.15) is 0 Å². The fourth-order valence-corrected chi connectivity index (χ4v) is 1.42. The van der Waals surface area contributed by atoms with E-state index in [9.17, 15) is 9.59 Å². The highest BCUT2D eigenvalue weighted by atomic mass is 16.4. The van der Waals surface area contributed by atoms with Gasteiger partial charge in [-0.25, -0.2) is 4.79 Å². The normalized spacial score (nSPS) is 15.6. The molecule has 0 heterocycles. The second-order valence-electron chi connectivity index (χ2n) is 4.10. The number of carboxylic acid groups (broad SMARTS) is 1. The lowest BCUT2D eigenvalue weighted by molar-refractivity contribution is -0.131. The lowest BCUT2D eigenvalue weighted by atomic mass is 9.91. The van der Waals surface area contributed by atoms with Crippen molar-refractivity contribution in [1.29, 1.82) is 0 Å². The van der Waals surface area contributed by atoms with E-state index in [0.717, 1.165) is 12.5 Å². The van der Waals surface area contributed by atoms with Crippen molar-refractivity contribution in [1.82, 2.24) is 5.32 Å². The van der Waals surface area contributed by atoms with Crippen LogP contribution in [0.4, 0.5) is 0 Å². The second-order valence-corrected chi connectivity index (χ2v) is 4.10. The largest absolute Gasteiger partial charge is 0.478 e. The zero-order chi connectivity index (χ0) is 13.4. The van der Waals surface area contributed by atoms with Crippen LogP contribution in [-0.2, 0) is 9.59 Å². The van der Waals surface area contributed by atoms with Crippen molar-refractivity contribution in [2.24, 2.45) is 11.8 Å². The molecule has 0 saturated carbocycles. The van der Waals surface area contributed by atoms with Gasteiger partial charge in [-0.2, -0.15) is 0 Å². The van der Waals surface area contributed by atoms with E-state index in [0.29, 0.717) is 5.70 Å². The van der Waals surface area contributed by atoms with Gasteiger partial charge in [-0.15, -0.1) is 0 Å². The SMILES string of the molecule is CC/C=C/[C@@H](C)[C@@H](C)/C(=C/C(=O)O)NC(C)=O. The van der Waals surface area contributed by atoms with Crippen LogP contribution >= 0.6 is 0 Å². The molecule has 0 bridgehead atoms. The van der Waals surface area contributed by atoms with E-state index in [-0.39, 0.29) is 17.7 Å². The van der Waals surface area contributed by atoms with Gasteiger partial charge in [0.2, 0.25) is 5.91 Å². The summed E-state index contributed by atoms with van der Waals surface area (Å²) in [5, 5.41) is 11.3. The third kappa shape index (κ3) is 6.56. The Morgan fingerprint density at radius 3 is 2.35 bits per heavy atom. The Morgan fingerprint density at radius 2 is 1.94 bits per heavy atom. The molecular weight excluding hydrogens is 218 g/mol. The molecular formula is C13H21NO3. The fourth-order valence-electron chi connectivity index (χ4n) is 1.42. The van der Waals surface area contributed by atoms with E-state index in [1.54, 1.807) is 0 Å². The second kappa shape index (κ2) is 7.65. The third-order valence-electron chi connectivity index (χ3n) is 2.55. The topological polar surface area (TPSA) is 66.4 Å². The van der Waals surface area contributed by atoms with Crippen LogP contribution in [0, 0.1) is 11.8 Å². The molecule has 96 valence electrons. The van der Waals surface area contributed by atoms with Crippen LogP contribution in [0.15, 0.2) is 23.9 Å². The number of nitrogens with one attached hydrogen (secondary N) is 1. The Kier molecular flexibility index (Phi) is 6.94. The van der Waals surface area contributed by atoms with E-state index in [2.05, 4.69) is 5.32 Å². The number of carbonyl (C=O) groups excluding carboxylic acids is 1. The van der Waals surface area contributed by atoms with Gasteiger partial charge in [0.15, 0.2) is 0 Å². The molecule has 0 aliphatic carbocycles. The number of hydrogen-bond donors (Lipinski definition) is 2. The maximum atomic E-state index is 11.0. The first-order valence-corrected chi connectivity index (χ1v) is 5.77. The van der Waals surface area contributed by atoms with Gasteiger partial charge in [-0.3, -0.25) is 4.79 Å². The predicted octanol–water partition coefficient (Wildman–Crippen LogP) is 2.33. The summed E-state index contributed by atoms with van der Waals surface area (Å²) < 4.78 is 0. The molecule has 0 fully saturated rings. The summed E-state index contributed by atoms with van der Waals surface area (Å²) in [5.74, 6) is -1.17. The van der Waals surface area contributed by atoms with Crippen molar-refractivity contribution in [3.8, 4) is 0 Å². The number of hydrogen-bond acceptors (Lipinski definition) is 2. The molecule has 2 atom stereocenters. The minimum atomic E-state index is -1.05. The van der Waals surface area contributed by atoms with E-state index in [1.165, 1.54) is 6.92 Å². The molecule has 2 N–H and O–H groups in total. The molecule has 0 aromatic carbocycles. The van der Waals surface area contributed by atoms with Gasteiger partial charge in [0.05, 0.1) is 0 Å². The standard InChI is InChI=1S/C13H21NO3/c1-5-6-7-9(2)10(3)12(8-13(16)17)14-11(4)15/h6-10H,5H2,1-4H3,(H,14,15)(H,16,17)/b7-6+,12-8-/t9-,10-/m1/s1. The highest BCUT2D eigenvalue weighted by Gasteiger charge is 2.16. The Balaban J connectivity index is 4.85. The third-order valence-corrected chi connectivity index (χ3v) is 2.55. The molecule has 1 amide bonds. The monoisotopic (exact) mass is 239 g/mol. The van der Waals surface area contributed by atoms with Crippen LogP contribution in [0.5, 0.6) is 0 Å². The van der Waals surface area contributed by atoms with Gasteiger partial charge >= 0.3 is 5.97 Å². The molecule has 4 heteroatoms. The summed E-state index contributed by atoms with van der Waals surface area (Å²) in [7, 11) is 0. The fraction of sp³-hybridized carbons (Fsp3) is 0.538. The van der Waals surface area contributed by atoms with Crippen molar-refractivity contribution in [2.75, 3.05) is 0 Å². The first kappa shape index (κ1) is 15.4. The average molecular weight is 239 g/mol. The molecule has 0 aliphatic rings.